The van der Waals surface area contributed by atoms with Crippen LogP contribution in [-0.2, 0) is 0 Å². The molecule has 0 spiro atoms. The fraction of sp³-hybridized carbons (Fsp3) is 0.214. The molecule has 0 heterocycles. The third kappa shape index (κ3) is 3.03. The summed E-state index contributed by atoms with van der Waals surface area (Å²) in [6.45, 7) is 2.04. The molecule has 0 atom stereocenters. The Morgan fingerprint density at radius 2 is 1.88 bits per heavy atom. The van der Waals surface area contributed by atoms with E-state index in [0.29, 0.717) is 28.9 Å². The molecule has 0 fully saturated rings. The van der Waals surface area contributed by atoms with E-state index in [1.165, 1.54) is 0 Å². The van der Waals surface area contributed by atoms with Gasteiger partial charge in [-0.15, -0.1) is 12.8 Å². The number of aldehydes is 1. The van der Waals surface area contributed by atoms with E-state index in [9.17, 15) is 4.79 Å². The summed E-state index contributed by atoms with van der Waals surface area (Å²) in [4.78, 5) is 10.9. The Kier molecular flexibility index (Phi) is 4.66. The summed E-state index contributed by atoms with van der Waals surface area (Å²) < 4.78 is 10.7. The minimum atomic E-state index is 0.0975. The van der Waals surface area contributed by atoms with E-state index in [1.807, 2.05) is 0 Å². The molecule has 0 amide bonds. The highest BCUT2D eigenvalue weighted by atomic mass is 16.5. The largest absolute Gasteiger partial charge is 0.481 e. The van der Waals surface area contributed by atoms with Gasteiger partial charge in [0.2, 0.25) is 0 Å². The third-order valence-corrected chi connectivity index (χ3v) is 2.12. The maximum Gasteiger partial charge on any atom is 0.153 e. The van der Waals surface area contributed by atoms with Gasteiger partial charge >= 0.3 is 0 Å². The molecule has 3 nitrogen and oxygen atoms in total. The van der Waals surface area contributed by atoms with Crippen molar-refractivity contribution in [2.24, 2.45) is 0 Å². The summed E-state index contributed by atoms with van der Waals surface area (Å²) in [7, 11) is 0. The average molecular weight is 228 g/mol. The fourth-order valence-electron chi connectivity index (χ4n) is 1.37. The molecule has 1 aromatic rings. The Morgan fingerprint density at radius 1 is 1.24 bits per heavy atom. The molecule has 0 aliphatic rings. The van der Waals surface area contributed by atoms with Crippen LogP contribution in [0.25, 0.3) is 0 Å². The first-order chi connectivity index (χ1) is 8.24. The lowest BCUT2D eigenvalue weighted by Gasteiger charge is -2.13. The van der Waals surface area contributed by atoms with Crippen LogP contribution in [0.15, 0.2) is 12.1 Å². The van der Waals surface area contributed by atoms with Gasteiger partial charge in [-0.05, 0) is 19.1 Å². The molecule has 3 heteroatoms. The zero-order valence-electron chi connectivity index (χ0n) is 9.53. The first-order valence-corrected chi connectivity index (χ1v) is 4.96. The zero-order valence-corrected chi connectivity index (χ0v) is 9.53. The van der Waals surface area contributed by atoms with Crippen molar-refractivity contribution in [2.75, 3.05) is 13.2 Å². The summed E-state index contributed by atoms with van der Waals surface area (Å²) >= 11 is 0. The number of rotatable bonds is 5. The molecule has 0 saturated heterocycles. The molecular formula is C14H12O3. The van der Waals surface area contributed by atoms with Crippen LogP contribution in [-0.4, -0.2) is 19.5 Å². The molecule has 86 valence electrons. The van der Waals surface area contributed by atoms with Gasteiger partial charge < -0.3 is 9.47 Å². The number of hydrogen-bond donors (Lipinski definition) is 0. The number of benzene rings is 1. The SMILES string of the molecule is C#CCOc1ccc(C=O)c(OCC#C)c1C. The molecule has 17 heavy (non-hydrogen) atoms. The van der Waals surface area contributed by atoms with Crippen LogP contribution in [0.1, 0.15) is 15.9 Å². The van der Waals surface area contributed by atoms with E-state index in [1.54, 1.807) is 19.1 Å². The normalized spacial score (nSPS) is 8.88. The van der Waals surface area contributed by atoms with Crippen molar-refractivity contribution in [3.8, 4) is 36.2 Å². The number of carbonyl (C=O) groups excluding carboxylic acids is 1. The lowest BCUT2D eigenvalue weighted by atomic mass is 10.1. The minimum Gasteiger partial charge on any atom is -0.481 e. The quantitative estimate of drug-likeness (QED) is 0.569. The molecule has 0 bridgehead atoms. The Balaban J connectivity index is 3.09. The van der Waals surface area contributed by atoms with E-state index in [4.69, 9.17) is 22.3 Å². The number of terminal acetylenes is 2. The van der Waals surface area contributed by atoms with Crippen LogP contribution in [0.5, 0.6) is 11.5 Å². The van der Waals surface area contributed by atoms with Crippen molar-refractivity contribution < 1.29 is 14.3 Å². The highest BCUT2D eigenvalue weighted by Gasteiger charge is 2.11. The molecule has 1 aromatic carbocycles. The smallest absolute Gasteiger partial charge is 0.153 e. The lowest BCUT2D eigenvalue weighted by molar-refractivity contribution is 0.112. The van der Waals surface area contributed by atoms with Gasteiger partial charge in [0.05, 0.1) is 5.56 Å². The second-order valence-corrected chi connectivity index (χ2v) is 3.21. The highest BCUT2D eigenvalue weighted by molar-refractivity contribution is 5.81. The van der Waals surface area contributed by atoms with Crippen molar-refractivity contribution >= 4 is 6.29 Å². The first-order valence-electron chi connectivity index (χ1n) is 4.96. The topological polar surface area (TPSA) is 35.5 Å². The summed E-state index contributed by atoms with van der Waals surface area (Å²) in [5, 5.41) is 0. The van der Waals surface area contributed by atoms with Gasteiger partial charge in [-0.3, -0.25) is 4.79 Å². The summed E-state index contributed by atoms with van der Waals surface area (Å²) in [6.07, 6.45) is 10.9. The highest BCUT2D eigenvalue weighted by Crippen LogP contribution is 2.30. The summed E-state index contributed by atoms with van der Waals surface area (Å²) in [6, 6.07) is 3.29. The predicted octanol–water partition coefficient (Wildman–Crippen LogP) is 1.83. The van der Waals surface area contributed by atoms with Crippen molar-refractivity contribution in [3.05, 3.63) is 23.3 Å². The molecule has 0 N–H and O–H groups in total. The van der Waals surface area contributed by atoms with Crippen LogP contribution in [0, 0.1) is 31.6 Å². The van der Waals surface area contributed by atoms with Gasteiger partial charge in [0.15, 0.2) is 6.29 Å². The second kappa shape index (κ2) is 6.25. The number of ether oxygens (including phenoxy) is 2. The first kappa shape index (κ1) is 12.7. The molecule has 0 aromatic heterocycles. The van der Waals surface area contributed by atoms with Crippen molar-refractivity contribution in [1.29, 1.82) is 0 Å². The Labute approximate surface area is 101 Å². The van der Waals surface area contributed by atoms with E-state index >= 15 is 0 Å². The number of carbonyl (C=O) groups is 1. The van der Waals surface area contributed by atoms with E-state index in [2.05, 4.69) is 11.8 Å². The van der Waals surface area contributed by atoms with Crippen LogP contribution < -0.4 is 9.47 Å². The van der Waals surface area contributed by atoms with Crippen molar-refractivity contribution in [1.82, 2.24) is 0 Å². The van der Waals surface area contributed by atoms with Crippen LogP contribution in [0.3, 0.4) is 0 Å². The average Bonchev–Trinajstić information content (AvgIpc) is 2.35. The number of hydrogen-bond acceptors (Lipinski definition) is 3. The van der Waals surface area contributed by atoms with Gasteiger partial charge in [-0.1, -0.05) is 11.8 Å². The second-order valence-electron chi connectivity index (χ2n) is 3.21. The van der Waals surface area contributed by atoms with E-state index in [0.717, 1.165) is 0 Å². The van der Waals surface area contributed by atoms with Crippen molar-refractivity contribution in [3.63, 3.8) is 0 Å². The van der Waals surface area contributed by atoms with E-state index < -0.39 is 0 Å². The zero-order chi connectivity index (χ0) is 12.7. The molecule has 0 unspecified atom stereocenters. The van der Waals surface area contributed by atoms with Crippen LogP contribution >= 0.6 is 0 Å². The summed E-state index contributed by atoms with van der Waals surface area (Å²) in [5.41, 5.74) is 1.14. The van der Waals surface area contributed by atoms with Gasteiger partial charge in [0.25, 0.3) is 0 Å². The maximum atomic E-state index is 10.9. The molecule has 0 radical (unpaired) electrons. The predicted molar refractivity (Wildman–Crippen MR) is 65.2 cm³/mol. The Morgan fingerprint density at radius 3 is 2.47 bits per heavy atom. The van der Waals surface area contributed by atoms with Gasteiger partial charge in [0.1, 0.15) is 24.7 Å². The molecule has 0 aliphatic carbocycles. The van der Waals surface area contributed by atoms with Crippen molar-refractivity contribution in [2.45, 2.75) is 6.92 Å². The van der Waals surface area contributed by atoms with Crippen LogP contribution in [0.2, 0.25) is 0 Å². The lowest BCUT2D eigenvalue weighted by Crippen LogP contribution is -2.03. The molecule has 1 rings (SSSR count). The molecule has 0 saturated carbocycles. The monoisotopic (exact) mass is 228 g/mol. The Bertz CT molecular complexity index is 489. The molecular weight excluding hydrogens is 216 g/mol. The fourth-order valence-corrected chi connectivity index (χ4v) is 1.37. The van der Waals surface area contributed by atoms with E-state index in [-0.39, 0.29) is 13.2 Å². The standard InChI is InChI=1S/C14H12O3/c1-4-8-16-13-7-6-12(10-15)14(11(13)3)17-9-5-2/h1-2,6-7,10H,8-9H2,3H3. The molecule has 0 aliphatic heterocycles. The van der Waals surface area contributed by atoms with Gasteiger partial charge in [-0.2, -0.15) is 0 Å². The third-order valence-electron chi connectivity index (χ3n) is 2.12. The van der Waals surface area contributed by atoms with Crippen LogP contribution in [0.4, 0.5) is 0 Å². The summed E-state index contributed by atoms with van der Waals surface area (Å²) in [5.74, 6) is 5.74. The van der Waals surface area contributed by atoms with Gasteiger partial charge in [0, 0.05) is 5.56 Å². The minimum absolute atomic E-state index is 0.0975. The van der Waals surface area contributed by atoms with Gasteiger partial charge in [-0.25, -0.2) is 0 Å². The Hall–Kier alpha value is -2.39. The maximum absolute atomic E-state index is 10.9.